The van der Waals surface area contributed by atoms with Crippen molar-refractivity contribution in [3.8, 4) is 16.9 Å². The number of fused-ring (bicyclic) bond motifs is 1. The summed E-state index contributed by atoms with van der Waals surface area (Å²) in [5.74, 6) is 0.315. The van der Waals surface area contributed by atoms with Gasteiger partial charge in [0.2, 0.25) is 11.8 Å². The van der Waals surface area contributed by atoms with Gasteiger partial charge in [0.15, 0.2) is 5.82 Å². The summed E-state index contributed by atoms with van der Waals surface area (Å²) in [5.41, 5.74) is 2.90. The average Bonchev–Trinajstić information content (AvgIpc) is 3.57. The number of aryl methyl sites for hydroxylation is 1. The lowest BCUT2D eigenvalue weighted by Crippen LogP contribution is -2.53. The van der Waals surface area contributed by atoms with Gasteiger partial charge in [0, 0.05) is 25.4 Å². The van der Waals surface area contributed by atoms with Crippen LogP contribution in [0.5, 0.6) is 5.75 Å². The van der Waals surface area contributed by atoms with Crippen LogP contribution >= 0.6 is 10.6 Å². The Balaban J connectivity index is 1.24. The van der Waals surface area contributed by atoms with E-state index in [2.05, 4.69) is 25.5 Å². The van der Waals surface area contributed by atoms with Gasteiger partial charge in [0.25, 0.3) is 0 Å². The molecule has 6 rings (SSSR count). The van der Waals surface area contributed by atoms with Crippen LogP contribution in [0.1, 0.15) is 54.1 Å². The van der Waals surface area contributed by atoms with Crippen molar-refractivity contribution >= 4 is 22.5 Å². The van der Waals surface area contributed by atoms with Gasteiger partial charge in [-0.3, -0.25) is 13.9 Å². The molecule has 0 radical (unpaired) electrons. The van der Waals surface area contributed by atoms with Crippen molar-refractivity contribution in [2.24, 2.45) is 5.92 Å². The third-order valence-electron chi connectivity index (χ3n) is 8.55. The molecule has 1 saturated heterocycles. The minimum atomic E-state index is -4.83. The first-order chi connectivity index (χ1) is 21.2. The van der Waals surface area contributed by atoms with Crippen molar-refractivity contribution in [2.75, 3.05) is 18.1 Å². The molecule has 1 aliphatic carbocycles. The van der Waals surface area contributed by atoms with Crippen LogP contribution in [0.15, 0.2) is 40.9 Å². The van der Waals surface area contributed by atoms with Crippen LogP contribution in [0.2, 0.25) is 0 Å². The van der Waals surface area contributed by atoms with Gasteiger partial charge >= 0.3 is 12.4 Å². The van der Waals surface area contributed by atoms with Gasteiger partial charge in [-0.05, 0) is 73.1 Å². The van der Waals surface area contributed by atoms with Crippen molar-refractivity contribution in [3.63, 3.8) is 0 Å². The molecule has 45 heavy (non-hydrogen) atoms. The van der Waals surface area contributed by atoms with E-state index >= 15 is 0 Å². The molecule has 3 atom stereocenters. The Bertz CT molecular complexity index is 1630. The Morgan fingerprint density at radius 2 is 2.02 bits per heavy atom. The highest BCUT2D eigenvalue weighted by Gasteiger charge is 2.47. The highest BCUT2D eigenvalue weighted by atomic mass is 32.3. The van der Waals surface area contributed by atoms with E-state index in [9.17, 15) is 31.9 Å². The quantitative estimate of drug-likeness (QED) is 0.268. The normalized spacial score (nSPS) is 24.5. The van der Waals surface area contributed by atoms with Crippen LogP contribution in [0, 0.1) is 12.8 Å². The number of halogens is 3. The molecule has 3 aliphatic rings. The van der Waals surface area contributed by atoms with E-state index in [1.807, 2.05) is 12.1 Å². The number of rotatable bonds is 7. The Kier molecular flexibility index (Phi) is 7.98. The molecule has 1 saturated carbocycles. The Hall–Kier alpha value is -3.82. The lowest BCUT2D eigenvalue weighted by molar-refractivity contribution is -0.274. The number of nitrogens with one attached hydrogen (secondary N) is 2. The van der Waals surface area contributed by atoms with E-state index in [4.69, 9.17) is 4.52 Å². The fourth-order valence-electron chi connectivity index (χ4n) is 6.22. The third-order valence-corrected chi connectivity index (χ3v) is 10.5. The molecule has 3 heterocycles. The lowest BCUT2D eigenvalue weighted by Gasteiger charge is -2.36. The van der Waals surface area contributed by atoms with Gasteiger partial charge < -0.3 is 24.8 Å². The molecular formula is C30H34F3N5O6S. The van der Waals surface area contributed by atoms with Crippen LogP contribution in [-0.4, -0.2) is 66.0 Å². The second kappa shape index (κ2) is 11.5. The van der Waals surface area contributed by atoms with Crippen molar-refractivity contribution < 1.29 is 41.1 Å². The van der Waals surface area contributed by atoms with E-state index < -0.39 is 22.5 Å². The van der Waals surface area contributed by atoms with Crippen molar-refractivity contribution in [1.29, 1.82) is 0 Å². The summed E-state index contributed by atoms with van der Waals surface area (Å²) in [7, 11) is -2.74. The fourth-order valence-corrected chi connectivity index (χ4v) is 8.38. The highest BCUT2D eigenvalue weighted by molar-refractivity contribution is 8.24. The van der Waals surface area contributed by atoms with E-state index in [0.717, 1.165) is 16.7 Å². The van der Waals surface area contributed by atoms with Gasteiger partial charge in [-0.2, -0.15) is 15.6 Å². The number of aromatic nitrogens is 2. The maximum absolute atomic E-state index is 13.4. The number of carbonyl (C=O) groups is 2. The smallest absolute Gasteiger partial charge is 0.406 e. The lowest BCUT2D eigenvalue weighted by atomic mass is 9.87. The number of amides is 3. The molecule has 0 spiro atoms. The molecule has 3 amide bonds. The summed E-state index contributed by atoms with van der Waals surface area (Å²) in [6.45, 7) is 4.21. The number of alkyl halides is 3. The summed E-state index contributed by atoms with van der Waals surface area (Å²) < 4.78 is 68.4. The van der Waals surface area contributed by atoms with Gasteiger partial charge in [-0.25, -0.2) is 4.79 Å². The van der Waals surface area contributed by atoms with Gasteiger partial charge in [-0.15, -0.1) is 13.2 Å². The van der Waals surface area contributed by atoms with Gasteiger partial charge in [-0.1, -0.05) is 29.4 Å². The molecule has 4 N–H and O–H groups in total. The summed E-state index contributed by atoms with van der Waals surface area (Å²) in [6, 6.07) is 9.03. The molecule has 15 heteroatoms. The SMILES string of the molecule is Cc1noc([C@H]2C[C@H]2C(=O)NCc2ccc(-c3cccc(OC(F)(F)F)c3)c3c2CN(C(=O)NC2(C)CCS(O)(O)C2)CC3)n1. The number of benzene rings is 2. The summed E-state index contributed by atoms with van der Waals surface area (Å²) in [4.78, 5) is 32.3. The molecule has 2 aromatic carbocycles. The number of urea groups is 1. The summed E-state index contributed by atoms with van der Waals surface area (Å²) in [6.07, 6.45) is -3.38. The van der Waals surface area contributed by atoms with Crippen molar-refractivity contribution in [1.82, 2.24) is 25.7 Å². The van der Waals surface area contributed by atoms with Gasteiger partial charge in [0.1, 0.15) is 5.75 Å². The van der Waals surface area contributed by atoms with Crippen LogP contribution in [0.25, 0.3) is 11.1 Å². The first kappa shape index (κ1) is 31.2. The molecule has 0 bridgehead atoms. The molecule has 2 fully saturated rings. The Morgan fingerprint density at radius 3 is 2.71 bits per heavy atom. The maximum atomic E-state index is 13.4. The molecular weight excluding hydrogens is 615 g/mol. The minimum absolute atomic E-state index is 0.0826. The second-order valence-corrected chi connectivity index (χ2v) is 14.5. The Morgan fingerprint density at radius 1 is 1.22 bits per heavy atom. The van der Waals surface area contributed by atoms with E-state index in [1.165, 1.54) is 18.2 Å². The molecule has 1 aromatic heterocycles. The average molecular weight is 650 g/mol. The monoisotopic (exact) mass is 649 g/mol. The first-order valence-electron chi connectivity index (χ1n) is 14.6. The van der Waals surface area contributed by atoms with Crippen molar-refractivity contribution in [2.45, 2.75) is 64.0 Å². The van der Waals surface area contributed by atoms with Crippen LogP contribution < -0.4 is 15.4 Å². The minimum Gasteiger partial charge on any atom is -0.406 e. The number of ether oxygens (including phenoxy) is 1. The van der Waals surface area contributed by atoms with Crippen molar-refractivity contribution in [3.05, 3.63) is 64.8 Å². The molecule has 2 aliphatic heterocycles. The fraction of sp³-hybridized carbons (Fsp3) is 0.467. The van der Waals surface area contributed by atoms with Crippen LogP contribution in [-0.2, 0) is 24.3 Å². The molecule has 242 valence electrons. The molecule has 3 aromatic rings. The predicted octanol–water partition coefficient (Wildman–Crippen LogP) is 5.34. The number of carbonyl (C=O) groups excluding carboxylic acids is 2. The number of nitrogens with zero attached hydrogens (tertiary/aromatic N) is 3. The third kappa shape index (κ3) is 7.05. The van der Waals surface area contributed by atoms with E-state index in [1.54, 1.807) is 24.8 Å². The van der Waals surface area contributed by atoms with Gasteiger partial charge in [0.05, 0.1) is 23.1 Å². The maximum Gasteiger partial charge on any atom is 0.573 e. The first-order valence-corrected chi connectivity index (χ1v) is 16.5. The number of hydrogen-bond acceptors (Lipinski definition) is 8. The predicted molar refractivity (Wildman–Crippen MR) is 159 cm³/mol. The zero-order valence-corrected chi connectivity index (χ0v) is 25.5. The second-order valence-electron chi connectivity index (χ2n) is 12.2. The largest absolute Gasteiger partial charge is 0.573 e. The summed E-state index contributed by atoms with van der Waals surface area (Å²) in [5, 5.41) is 9.75. The summed E-state index contributed by atoms with van der Waals surface area (Å²) >= 11 is 0. The van der Waals surface area contributed by atoms with Crippen LogP contribution in [0.3, 0.4) is 0 Å². The van der Waals surface area contributed by atoms with E-state index in [0.29, 0.717) is 48.6 Å². The zero-order valence-electron chi connectivity index (χ0n) is 24.7. The standard InChI is InChI=1S/C30H34F3N5O6S/c1-17-35-27(44-37-17)24-13-23(24)26(39)34-14-19-6-7-21(18-4-3-5-20(12-18)43-30(31,32)33)22-8-10-38(15-25(19)22)28(40)36-29(2)9-11-45(41,42)16-29/h3-7,12,23-24,41-42H,8-11,13-16H2,1-2H3,(H,34,39)(H,36,40)/t23-,24+,29?/m1/s1. The molecule has 11 nitrogen and oxygen atoms in total. The number of hydrogen-bond donors (Lipinski definition) is 4. The Labute approximate surface area is 258 Å². The topological polar surface area (TPSA) is 150 Å². The zero-order chi connectivity index (χ0) is 32.1. The highest BCUT2D eigenvalue weighted by Crippen LogP contribution is 2.50. The van der Waals surface area contributed by atoms with E-state index in [-0.39, 0.29) is 54.1 Å². The van der Waals surface area contributed by atoms with Crippen LogP contribution in [0.4, 0.5) is 18.0 Å². The molecule has 1 unspecified atom stereocenters.